The number of carbonyl (C=O) groups is 1. The van der Waals surface area contributed by atoms with E-state index in [1.54, 1.807) is 6.20 Å². The van der Waals surface area contributed by atoms with Gasteiger partial charge in [0.25, 0.3) is 0 Å². The zero-order chi connectivity index (χ0) is 9.19. The Hall–Kier alpha value is -1.18. The van der Waals surface area contributed by atoms with Crippen LogP contribution in [0.2, 0.25) is 0 Å². The van der Waals surface area contributed by atoms with Gasteiger partial charge in [0, 0.05) is 17.3 Å². The minimum atomic E-state index is -0.418. The maximum absolute atomic E-state index is 10.8. The number of hydrogen-bond acceptors (Lipinski definition) is 2. The predicted octanol–water partition coefficient (Wildman–Crippen LogP) is 1.87. The van der Waals surface area contributed by atoms with E-state index in [-0.39, 0.29) is 0 Å². The number of carbonyl (C=O) groups excluding carboxylic acids is 1. The van der Waals surface area contributed by atoms with Crippen molar-refractivity contribution in [2.75, 3.05) is 0 Å². The van der Waals surface area contributed by atoms with Gasteiger partial charge in [-0.25, -0.2) is 0 Å². The summed E-state index contributed by atoms with van der Waals surface area (Å²) in [5, 5.41) is 0. The van der Waals surface area contributed by atoms with E-state index in [0.717, 1.165) is 17.5 Å². The summed E-state index contributed by atoms with van der Waals surface area (Å²) in [5.41, 5.74) is 1.51. The van der Waals surface area contributed by atoms with Gasteiger partial charge in [-0.15, -0.1) is 0 Å². The minimum Gasteiger partial charge on any atom is -0.302 e. The molecule has 1 heterocycles. The topological polar surface area (TPSA) is 30.0 Å². The molecule has 0 saturated heterocycles. The standard InChI is InChI=1S/C10H13NO/c1-8-9(5-4-6-11-8)10(2,3)7-12/h4-7H,1-3H3. The third-order valence-electron chi connectivity index (χ3n) is 2.00. The first-order valence-corrected chi connectivity index (χ1v) is 3.96. The molecule has 0 aromatic carbocycles. The molecule has 0 aliphatic heterocycles. The van der Waals surface area contributed by atoms with Gasteiger partial charge in [0.05, 0.1) is 0 Å². The second kappa shape index (κ2) is 3.05. The number of pyridine rings is 1. The molecule has 0 atom stereocenters. The molecule has 0 saturated carbocycles. The molecule has 0 aliphatic rings. The normalized spacial score (nSPS) is 11.2. The number of rotatable bonds is 2. The first kappa shape index (κ1) is 8.91. The maximum atomic E-state index is 10.8. The molecule has 0 fully saturated rings. The number of aldehydes is 1. The van der Waals surface area contributed by atoms with Crippen molar-refractivity contribution in [2.24, 2.45) is 0 Å². The van der Waals surface area contributed by atoms with Crippen LogP contribution in [0.3, 0.4) is 0 Å². The largest absolute Gasteiger partial charge is 0.302 e. The highest BCUT2D eigenvalue weighted by molar-refractivity contribution is 5.67. The van der Waals surface area contributed by atoms with E-state index >= 15 is 0 Å². The van der Waals surface area contributed by atoms with E-state index in [1.807, 2.05) is 32.9 Å². The summed E-state index contributed by atoms with van der Waals surface area (Å²) in [6.07, 6.45) is 2.69. The molecule has 2 heteroatoms. The molecule has 0 unspecified atom stereocenters. The van der Waals surface area contributed by atoms with Crippen molar-refractivity contribution in [3.63, 3.8) is 0 Å². The van der Waals surface area contributed by atoms with Crippen LogP contribution in [-0.4, -0.2) is 11.3 Å². The van der Waals surface area contributed by atoms with Crippen molar-refractivity contribution in [2.45, 2.75) is 26.2 Å². The fourth-order valence-electron chi connectivity index (χ4n) is 1.23. The van der Waals surface area contributed by atoms with Crippen LogP contribution >= 0.6 is 0 Å². The summed E-state index contributed by atoms with van der Waals surface area (Å²) in [4.78, 5) is 14.9. The van der Waals surface area contributed by atoms with Gasteiger partial charge in [-0.2, -0.15) is 0 Å². The Balaban J connectivity index is 3.19. The lowest BCUT2D eigenvalue weighted by molar-refractivity contribution is -0.111. The lowest BCUT2D eigenvalue weighted by atomic mass is 9.85. The van der Waals surface area contributed by atoms with Gasteiger partial charge in [-0.3, -0.25) is 4.98 Å². The SMILES string of the molecule is Cc1ncccc1C(C)(C)C=O. The van der Waals surface area contributed by atoms with Crippen molar-refractivity contribution in [3.05, 3.63) is 29.6 Å². The zero-order valence-electron chi connectivity index (χ0n) is 7.66. The third kappa shape index (κ3) is 1.52. The van der Waals surface area contributed by atoms with Gasteiger partial charge in [0.2, 0.25) is 0 Å². The molecule has 12 heavy (non-hydrogen) atoms. The van der Waals surface area contributed by atoms with Crippen LogP contribution in [0.1, 0.15) is 25.1 Å². The Morgan fingerprint density at radius 2 is 2.17 bits per heavy atom. The molecule has 0 spiro atoms. The van der Waals surface area contributed by atoms with E-state index in [4.69, 9.17) is 0 Å². The van der Waals surface area contributed by atoms with Gasteiger partial charge in [0.15, 0.2) is 0 Å². The summed E-state index contributed by atoms with van der Waals surface area (Å²) in [6, 6.07) is 3.80. The summed E-state index contributed by atoms with van der Waals surface area (Å²) in [5.74, 6) is 0. The first-order chi connectivity index (χ1) is 5.58. The van der Waals surface area contributed by atoms with Gasteiger partial charge in [-0.1, -0.05) is 6.07 Å². The minimum absolute atomic E-state index is 0.418. The van der Waals surface area contributed by atoms with Crippen LogP contribution in [0.15, 0.2) is 18.3 Å². The second-order valence-electron chi connectivity index (χ2n) is 3.48. The Morgan fingerprint density at radius 1 is 1.50 bits per heavy atom. The van der Waals surface area contributed by atoms with E-state index in [0.29, 0.717) is 0 Å². The van der Waals surface area contributed by atoms with Gasteiger partial charge >= 0.3 is 0 Å². The molecule has 0 amide bonds. The molecular formula is C10H13NO. The van der Waals surface area contributed by atoms with Gasteiger partial charge < -0.3 is 4.79 Å². The Labute approximate surface area is 72.6 Å². The maximum Gasteiger partial charge on any atom is 0.130 e. The zero-order valence-corrected chi connectivity index (χ0v) is 7.66. The average molecular weight is 163 g/mol. The molecule has 0 bridgehead atoms. The fourth-order valence-corrected chi connectivity index (χ4v) is 1.23. The fraction of sp³-hybridized carbons (Fsp3) is 0.400. The van der Waals surface area contributed by atoms with Crippen LogP contribution in [0, 0.1) is 6.92 Å². The van der Waals surface area contributed by atoms with Crippen molar-refractivity contribution in [1.29, 1.82) is 0 Å². The Kier molecular flexibility index (Phi) is 2.27. The molecular weight excluding hydrogens is 150 g/mol. The van der Waals surface area contributed by atoms with Crippen LogP contribution < -0.4 is 0 Å². The lowest BCUT2D eigenvalue weighted by Gasteiger charge is -2.18. The summed E-state index contributed by atoms with van der Waals surface area (Å²) in [6.45, 7) is 5.70. The summed E-state index contributed by atoms with van der Waals surface area (Å²) in [7, 11) is 0. The smallest absolute Gasteiger partial charge is 0.130 e. The third-order valence-corrected chi connectivity index (χ3v) is 2.00. The van der Waals surface area contributed by atoms with E-state index in [1.165, 1.54) is 0 Å². The lowest BCUT2D eigenvalue weighted by Crippen LogP contribution is -2.20. The predicted molar refractivity (Wildman–Crippen MR) is 48.1 cm³/mol. The average Bonchev–Trinajstić information content (AvgIpc) is 2.05. The quantitative estimate of drug-likeness (QED) is 0.623. The van der Waals surface area contributed by atoms with Crippen molar-refractivity contribution < 1.29 is 4.79 Å². The summed E-state index contributed by atoms with van der Waals surface area (Å²) >= 11 is 0. The van der Waals surface area contributed by atoms with E-state index < -0.39 is 5.41 Å². The highest BCUT2D eigenvalue weighted by Gasteiger charge is 2.21. The monoisotopic (exact) mass is 163 g/mol. The highest BCUT2D eigenvalue weighted by atomic mass is 16.1. The molecule has 2 nitrogen and oxygen atoms in total. The number of aromatic nitrogens is 1. The molecule has 0 radical (unpaired) electrons. The van der Waals surface area contributed by atoms with Crippen LogP contribution in [0.5, 0.6) is 0 Å². The van der Waals surface area contributed by atoms with Crippen molar-refractivity contribution >= 4 is 6.29 Å². The van der Waals surface area contributed by atoms with Crippen molar-refractivity contribution in [3.8, 4) is 0 Å². The number of nitrogens with zero attached hydrogens (tertiary/aromatic N) is 1. The molecule has 1 aromatic heterocycles. The van der Waals surface area contributed by atoms with Crippen molar-refractivity contribution in [1.82, 2.24) is 4.98 Å². The Bertz CT molecular complexity index is 292. The molecule has 1 rings (SSSR count). The number of aryl methyl sites for hydroxylation is 1. The summed E-state index contributed by atoms with van der Waals surface area (Å²) < 4.78 is 0. The van der Waals surface area contributed by atoms with E-state index in [9.17, 15) is 4.79 Å². The Morgan fingerprint density at radius 3 is 2.67 bits per heavy atom. The molecule has 1 aromatic rings. The van der Waals surface area contributed by atoms with Crippen LogP contribution in [0.25, 0.3) is 0 Å². The first-order valence-electron chi connectivity index (χ1n) is 3.96. The highest BCUT2D eigenvalue weighted by Crippen LogP contribution is 2.21. The molecule has 0 N–H and O–H groups in total. The number of hydrogen-bond donors (Lipinski definition) is 0. The molecule has 64 valence electrons. The van der Waals surface area contributed by atoms with Gasteiger partial charge in [0.1, 0.15) is 6.29 Å². The van der Waals surface area contributed by atoms with Gasteiger partial charge in [-0.05, 0) is 32.4 Å². The second-order valence-corrected chi connectivity index (χ2v) is 3.48. The van der Waals surface area contributed by atoms with Crippen LogP contribution in [0.4, 0.5) is 0 Å². The van der Waals surface area contributed by atoms with Crippen LogP contribution in [-0.2, 0) is 10.2 Å². The van der Waals surface area contributed by atoms with E-state index in [2.05, 4.69) is 4.98 Å². The molecule has 0 aliphatic carbocycles.